The fraction of sp³-hybridized carbons (Fsp3) is 0.250. The van der Waals surface area contributed by atoms with E-state index in [1.54, 1.807) is 17.8 Å². The number of aromatic nitrogens is 2. The van der Waals surface area contributed by atoms with Crippen LogP contribution in [0.2, 0.25) is 0 Å². The lowest BCUT2D eigenvalue weighted by Crippen LogP contribution is -2.73. The second-order valence-electron chi connectivity index (χ2n) is 13.8. The summed E-state index contributed by atoms with van der Waals surface area (Å²) in [6, 6.07) is 28.6. The zero-order valence-corrected chi connectivity index (χ0v) is 35.9. The number of β-lactam (4-membered cyclic amide) rings is 1. The van der Waals surface area contributed by atoms with Crippen LogP contribution in [0.4, 0.5) is 9.52 Å². The van der Waals surface area contributed by atoms with Crippen molar-refractivity contribution >= 4 is 87.7 Å². The van der Waals surface area contributed by atoms with Gasteiger partial charge in [-0.05, 0) is 29.7 Å². The second-order valence-corrected chi connectivity index (χ2v) is 16.8. The molecule has 0 spiro atoms. The van der Waals surface area contributed by atoms with Gasteiger partial charge in [-0.3, -0.25) is 14.4 Å². The number of hydrogen-bond donors (Lipinski definition) is 3. The van der Waals surface area contributed by atoms with Gasteiger partial charge in [0, 0.05) is 47.7 Å². The molecular weight excluding hydrogens is 915 g/mol. The highest BCUT2D eigenvalue weighted by Crippen LogP contribution is 2.47. The number of oxime groups is 1. The van der Waals surface area contributed by atoms with E-state index in [0.29, 0.717) is 5.13 Å². The van der Waals surface area contributed by atoms with Gasteiger partial charge in [0.05, 0.1) is 11.7 Å². The predicted molar refractivity (Wildman–Crippen MR) is 234 cm³/mol. The molecule has 3 aromatic carbocycles. The van der Waals surface area contributed by atoms with Crippen molar-refractivity contribution in [3.8, 4) is 0 Å². The topological polar surface area (TPSA) is 153 Å². The van der Waals surface area contributed by atoms with Gasteiger partial charge in [0.15, 0.2) is 0 Å². The second kappa shape index (κ2) is 17.1. The van der Waals surface area contributed by atoms with Crippen LogP contribution in [0.15, 0.2) is 130 Å². The highest BCUT2D eigenvalue weighted by atomic mass is 127. The van der Waals surface area contributed by atoms with E-state index in [1.165, 1.54) is 16.7 Å². The normalized spacial score (nSPS) is 21.6. The van der Waals surface area contributed by atoms with Gasteiger partial charge < -0.3 is 35.3 Å². The lowest BCUT2D eigenvalue weighted by molar-refractivity contribution is -0.156. The third-order valence-corrected chi connectivity index (χ3v) is 13.6. The Bertz CT molecular complexity index is 2220. The van der Waals surface area contributed by atoms with Gasteiger partial charge in [-0.15, -0.1) is 35.7 Å². The number of rotatable bonds is 13. The number of nitrogens with zero attached hydrogens (tertiary/aromatic N) is 6. The molecule has 0 aliphatic carbocycles. The minimum atomic E-state index is -1.33. The number of hydrogen-bond acceptors (Lipinski definition) is 13. The van der Waals surface area contributed by atoms with Gasteiger partial charge in [-0.2, -0.15) is 9.36 Å². The minimum absolute atomic E-state index is 0. The van der Waals surface area contributed by atoms with Gasteiger partial charge in [0.1, 0.15) is 22.4 Å². The first-order valence-electron chi connectivity index (χ1n) is 17.9. The lowest BCUT2D eigenvalue weighted by Gasteiger charge is -2.53. The molecule has 3 atom stereocenters. The third-order valence-electron chi connectivity index (χ3n) is 10.3. The molecule has 4 aliphatic heterocycles. The van der Waals surface area contributed by atoms with E-state index < -0.39 is 52.7 Å². The number of amides is 2. The summed E-state index contributed by atoms with van der Waals surface area (Å²) in [5.74, 6) is -2.30. The molecule has 13 nitrogen and oxygen atoms in total. The van der Waals surface area contributed by atoms with E-state index in [0.717, 1.165) is 50.5 Å². The maximum absolute atomic E-state index is 13.8. The highest BCUT2D eigenvalue weighted by Gasteiger charge is 2.57. The molecular formula is C40H38FIN8O5S3. The summed E-state index contributed by atoms with van der Waals surface area (Å²) in [5, 5.41) is 21.3. The van der Waals surface area contributed by atoms with Gasteiger partial charge in [0.25, 0.3) is 12.8 Å². The van der Waals surface area contributed by atoms with Gasteiger partial charge in [-0.1, -0.05) is 114 Å². The molecule has 2 amide bonds. The fourth-order valence-electron chi connectivity index (χ4n) is 7.34. The summed E-state index contributed by atoms with van der Waals surface area (Å²) in [6.07, 6.45) is 5.56. The monoisotopic (exact) mass is 952 g/mol. The van der Waals surface area contributed by atoms with E-state index in [4.69, 9.17) is 4.84 Å². The van der Waals surface area contributed by atoms with Crippen LogP contribution >= 0.6 is 59.0 Å². The summed E-state index contributed by atoms with van der Waals surface area (Å²) < 4.78 is 17.7. The summed E-state index contributed by atoms with van der Waals surface area (Å²) >= 11 is 3.82. The number of carbonyl (C=O) groups excluding carboxylic acids is 2. The van der Waals surface area contributed by atoms with Crippen LogP contribution in [0.1, 0.15) is 29.4 Å². The molecule has 0 radical (unpaired) electrons. The molecule has 1 unspecified atom stereocenters. The number of nitrogens with one attached hydrogen (secondary N) is 2. The van der Waals surface area contributed by atoms with Gasteiger partial charge in [0.2, 0.25) is 22.6 Å². The number of anilines is 1. The third kappa shape index (κ3) is 7.57. The summed E-state index contributed by atoms with van der Waals surface area (Å²) in [5.41, 5.74) is 1.10. The fourth-order valence-corrected chi connectivity index (χ4v) is 10.6. The maximum atomic E-state index is 13.8. The number of carboxylic acids is 1. The van der Waals surface area contributed by atoms with Crippen molar-refractivity contribution in [3.63, 3.8) is 0 Å². The maximum Gasteiger partial charge on any atom is 0.316 e. The molecule has 4 aromatic rings. The molecule has 3 N–H and O–H groups in total. The summed E-state index contributed by atoms with van der Waals surface area (Å²) in [6.45, 7) is 1.35. The van der Waals surface area contributed by atoms with Crippen molar-refractivity contribution < 1.29 is 28.7 Å². The number of aliphatic carboxylic acids is 1. The average molecular weight is 953 g/mol. The highest BCUT2D eigenvalue weighted by molar-refractivity contribution is 14.0. The van der Waals surface area contributed by atoms with Crippen LogP contribution in [0, 0.1) is 5.41 Å². The van der Waals surface area contributed by atoms with Crippen molar-refractivity contribution in [2.75, 3.05) is 38.2 Å². The Morgan fingerprint density at radius 3 is 2.24 bits per heavy atom. The number of alkyl halides is 1. The molecule has 8 rings (SSSR count). The summed E-state index contributed by atoms with van der Waals surface area (Å²) in [7, 11) is 1.99. The number of carbonyl (C=O) groups is 3. The van der Waals surface area contributed by atoms with Gasteiger partial charge in [-0.25, -0.2) is 4.39 Å². The number of thioether (sulfide) groups is 2. The number of benzene rings is 3. The van der Waals surface area contributed by atoms with E-state index >= 15 is 0 Å². The largest absolute Gasteiger partial charge is 0.481 e. The minimum Gasteiger partial charge on any atom is -0.481 e. The quantitative estimate of drug-likeness (QED) is 0.0459. The first kappa shape index (κ1) is 41.2. The van der Waals surface area contributed by atoms with E-state index in [9.17, 15) is 23.9 Å². The van der Waals surface area contributed by atoms with Crippen LogP contribution < -0.4 is 10.6 Å². The zero-order valence-electron chi connectivity index (χ0n) is 31.1. The first-order chi connectivity index (χ1) is 27.6. The van der Waals surface area contributed by atoms with E-state index in [2.05, 4.69) is 34.9 Å². The molecule has 58 heavy (non-hydrogen) atoms. The first-order valence-corrected chi connectivity index (χ1v) is 20.6. The molecule has 1 aromatic heterocycles. The van der Waals surface area contributed by atoms with Crippen LogP contribution in [-0.2, 0) is 24.8 Å². The average Bonchev–Trinajstić information content (AvgIpc) is 3.93. The Morgan fingerprint density at radius 1 is 1.05 bits per heavy atom. The zero-order chi connectivity index (χ0) is 39.7. The Kier molecular flexibility index (Phi) is 12.2. The molecule has 0 saturated carbocycles. The van der Waals surface area contributed by atoms with Crippen molar-refractivity contribution in [1.29, 1.82) is 0 Å². The van der Waals surface area contributed by atoms with E-state index in [-0.39, 0.29) is 42.1 Å². The standard InChI is InChI=1S/C40H37FN8O5S3.HI/c1-25-29(56-30-20-47(2)24-49(25)30)18-19-39(37(52)53)21-48-35(51)32(36(48)55-22-39)42-34(50)31(45-54-23-41)33-43-38(57-46-33)44-40(26-12-6-3-7-13-26,27-14-8-4-9-15-27)28-16-10-5-11-17-28;/h3-20,32,36H,21-24H2,1-2H3,(H,42,50)(H,52,53)(H,43,44,46);1H/t32-,36-,39?;/m1./s1. The molecule has 2 fully saturated rings. The smallest absolute Gasteiger partial charge is 0.316 e. The lowest BCUT2D eigenvalue weighted by atomic mass is 9.77. The number of halogens is 2. The number of allylic oxidation sites excluding steroid dienone is 2. The Morgan fingerprint density at radius 2 is 1.67 bits per heavy atom. The Balaban J connectivity index is 0.00000512. The number of carboxylic acid groups (broad SMARTS) is 1. The molecule has 4 aliphatic rings. The molecule has 5 heterocycles. The predicted octanol–water partition coefficient (Wildman–Crippen LogP) is 6.22. The van der Waals surface area contributed by atoms with Crippen molar-refractivity contribution in [2.45, 2.75) is 23.9 Å². The molecule has 0 bridgehead atoms. The molecule has 18 heteroatoms. The van der Waals surface area contributed by atoms with Crippen molar-refractivity contribution in [1.82, 2.24) is 29.4 Å². The van der Waals surface area contributed by atoms with Crippen LogP contribution in [0.5, 0.6) is 0 Å². The van der Waals surface area contributed by atoms with Crippen molar-refractivity contribution in [3.05, 3.63) is 147 Å². The summed E-state index contributed by atoms with van der Waals surface area (Å²) in [4.78, 5) is 56.0. The Hall–Kier alpha value is -4.92. The van der Waals surface area contributed by atoms with Gasteiger partial charge >= 0.3 is 5.97 Å². The molecule has 300 valence electrons. The Labute approximate surface area is 363 Å². The molecule has 2 saturated heterocycles. The SMILES string of the molecule is CC1=C(C=CC2(C(=O)O)CS[C@@H]3[C@H](NC(=O)C(=NOCF)c4nsc(NC(c5ccccc5)(c5ccccc5)c5ccccc5)n4)C(=O)N3C2)SC2=CN(C)CN21.I. The number of fused-ring (bicyclic) bond motifs is 2. The van der Waals surface area contributed by atoms with Crippen molar-refractivity contribution in [2.24, 2.45) is 10.6 Å². The van der Waals surface area contributed by atoms with E-state index in [1.807, 2.05) is 117 Å². The van der Waals surface area contributed by atoms with Crippen LogP contribution in [-0.4, -0.2) is 96.9 Å². The van der Waals surface area contributed by atoms with Crippen LogP contribution in [0.25, 0.3) is 0 Å². The van der Waals surface area contributed by atoms with Crippen LogP contribution in [0.3, 0.4) is 0 Å².